The van der Waals surface area contributed by atoms with Gasteiger partial charge in [-0.25, -0.2) is 0 Å². The molecule has 106 valence electrons. The molecule has 1 N–H and O–H groups in total. The number of oxime groups is 1. The fourth-order valence-corrected chi connectivity index (χ4v) is 1.21. The molecule has 1 amide bonds. The van der Waals surface area contributed by atoms with Gasteiger partial charge in [-0.3, -0.25) is 9.78 Å². The zero-order chi connectivity index (χ0) is 15.0. The van der Waals surface area contributed by atoms with E-state index in [1.165, 1.54) is 0 Å². The molecule has 0 aliphatic heterocycles. The molecule has 9 heteroatoms. The van der Waals surface area contributed by atoms with E-state index >= 15 is 0 Å². The van der Waals surface area contributed by atoms with Crippen LogP contribution in [0.4, 0.5) is 13.2 Å². The van der Waals surface area contributed by atoms with Gasteiger partial charge in [-0.2, -0.15) is 18.4 Å². The first-order valence-electron chi connectivity index (χ1n) is 5.27. The summed E-state index contributed by atoms with van der Waals surface area (Å²) in [6.45, 7) is -0.401. The average molecular weight is 286 g/mol. The number of alkyl halides is 3. The molecule has 0 saturated heterocycles. The van der Waals surface area contributed by atoms with Crippen molar-refractivity contribution in [2.45, 2.75) is 6.18 Å². The van der Waals surface area contributed by atoms with Gasteiger partial charge in [0.1, 0.15) is 6.07 Å². The Labute approximate surface area is 111 Å². The molecule has 0 fully saturated rings. The number of hydrogen-bond acceptors (Lipinski definition) is 5. The van der Waals surface area contributed by atoms with E-state index < -0.39 is 23.2 Å². The van der Waals surface area contributed by atoms with E-state index in [1.54, 1.807) is 6.07 Å². The lowest BCUT2D eigenvalue weighted by Gasteiger charge is -2.11. The second-order valence-electron chi connectivity index (χ2n) is 3.35. The lowest BCUT2D eigenvalue weighted by Crippen LogP contribution is -2.28. The number of halogens is 3. The van der Waals surface area contributed by atoms with Crippen molar-refractivity contribution in [3.8, 4) is 6.07 Å². The molecule has 0 bridgehead atoms. The van der Waals surface area contributed by atoms with Crippen LogP contribution in [0.2, 0.25) is 0 Å². The van der Waals surface area contributed by atoms with Gasteiger partial charge in [-0.1, -0.05) is 5.16 Å². The van der Waals surface area contributed by atoms with E-state index in [1.807, 2.05) is 0 Å². The molecule has 0 saturated carbocycles. The van der Waals surface area contributed by atoms with E-state index in [0.717, 1.165) is 24.7 Å². The summed E-state index contributed by atoms with van der Waals surface area (Å²) in [5.74, 6) is -0.933. The van der Waals surface area contributed by atoms with E-state index in [0.29, 0.717) is 0 Å². The molecular weight excluding hydrogens is 277 g/mol. The molecule has 0 atom stereocenters. The minimum Gasteiger partial charge on any atom is -0.381 e. The number of pyridine rings is 1. The summed E-state index contributed by atoms with van der Waals surface area (Å²) in [6, 6.07) is 2.38. The van der Waals surface area contributed by atoms with Gasteiger partial charge in [0, 0.05) is 12.4 Å². The highest BCUT2D eigenvalue weighted by Gasteiger charge is 2.35. The standard InChI is InChI=1S/C11H9F3N4O2/c12-11(13,14)9-1-3-16-7-8(9)10(19)17-4-5-18-20-6-2-15/h1,3,5,7H,4,6H2,(H,17,19). The van der Waals surface area contributed by atoms with Crippen molar-refractivity contribution in [2.24, 2.45) is 5.16 Å². The Morgan fingerprint density at radius 3 is 3.00 bits per heavy atom. The third-order valence-corrected chi connectivity index (χ3v) is 2.00. The quantitative estimate of drug-likeness (QED) is 0.503. The Hall–Kier alpha value is -2.63. The SMILES string of the molecule is N#CCON=CCNC(=O)c1cnccc1C(F)(F)F. The lowest BCUT2D eigenvalue weighted by molar-refractivity contribution is -0.138. The zero-order valence-electron chi connectivity index (χ0n) is 10.0. The first kappa shape index (κ1) is 15.4. The topological polar surface area (TPSA) is 87.4 Å². The van der Waals surface area contributed by atoms with Gasteiger partial charge >= 0.3 is 6.18 Å². The molecule has 1 heterocycles. The maximum absolute atomic E-state index is 12.7. The van der Waals surface area contributed by atoms with Gasteiger partial charge < -0.3 is 10.2 Å². The Bertz CT molecular complexity index is 537. The number of nitrogens with zero attached hydrogens (tertiary/aromatic N) is 3. The van der Waals surface area contributed by atoms with Crippen LogP contribution in [0, 0.1) is 11.3 Å². The van der Waals surface area contributed by atoms with Gasteiger partial charge in [0.15, 0.2) is 0 Å². The summed E-state index contributed by atoms with van der Waals surface area (Å²) in [5, 5.41) is 13.6. The predicted octanol–water partition coefficient (Wildman–Crippen LogP) is 1.36. The van der Waals surface area contributed by atoms with Gasteiger partial charge in [0.2, 0.25) is 6.61 Å². The Kier molecular flexibility index (Phi) is 5.46. The van der Waals surface area contributed by atoms with Crippen LogP contribution in [0.15, 0.2) is 23.6 Å². The van der Waals surface area contributed by atoms with Crippen molar-refractivity contribution in [1.82, 2.24) is 10.3 Å². The zero-order valence-corrected chi connectivity index (χ0v) is 10.0. The van der Waals surface area contributed by atoms with E-state index in [2.05, 4.69) is 20.3 Å². The van der Waals surface area contributed by atoms with Crippen LogP contribution in [0.1, 0.15) is 15.9 Å². The van der Waals surface area contributed by atoms with Gasteiger partial charge in [0.25, 0.3) is 5.91 Å². The number of amides is 1. The third-order valence-electron chi connectivity index (χ3n) is 2.00. The third kappa shape index (κ3) is 4.56. The number of rotatable bonds is 5. The molecule has 0 aromatic carbocycles. The highest BCUT2D eigenvalue weighted by atomic mass is 19.4. The van der Waals surface area contributed by atoms with Gasteiger partial charge in [-0.05, 0) is 6.07 Å². The monoisotopic (exact) mass is 286 g/mol. The fourth-order valence-electron chi connectivity index (χ4n) is 1.21. The molecule has 0 radical (unpaired) electrons. The smallest absolute Gasteiger partial charge is 0.381 e. The number of carbonyl (C=O) groups excluding carboxylic acids is 1. The van der Waals surface area contributed by atoms with Gasteiger partial charge in [0.05, 0.1) is 23.9 Å². The minimum absolute atomic E-state index is 0.142. The van der Waals surface area contributed by atoms with Crippen LogP contribution < -0.4 is 5.32 Å². The normalized spacial score (nSPS) is 11.1. The van der Waals surface area contributed by atoms with Gasteiger partial charge in [-0.15, -0.1) is 0 Å². The first-order valence-corrected chi connectivity index (χ1v) is 5.27. The molecule has 0 unspecified atom stereocenters. The Morgan fingerprint density at radius 2 is 2.35 bits per heavy atom. The summed E-state index contributed by atoms with van der Waals surface area (Å²) < 4.78 is 38.0. The summed E-state index contributed by atoms with van der Waals surface area (Å²) in [6.07, 6.45) is -1.74. The summed E-state index contributed by atoms with van der Waals surface area (Å²) in [7, 11) is 0. The van der Waals surface area contributed by atoms with E-state index in [9.17, 15) is 18.0 Å². The molecule has 0 aliphatic carbocycles. The van der Waals surface area contributed by atoms with Crippen LogP contribution in [-0.4, -0.2) is 30.3 Å². The number of nitrogens with one attached hydrogen (secondary N) is 1. The molecule has 1 aromatic rings. The maximum atomic E-state index is 12.7. The maximum Gasteiger partial charge on any atom is 0.417 e. The molecule has 6 nitrogen and oxygen atoms in total. The second-order valence-corrected chi connectivity index (χ2v) is 3.35. The van der Waals surface area contributed by atoms with Crippen molar-refractivity contribution in [1.29, 1.82) is 5.26 Å². The fraction of sp³-hybridized carbons (Fsp3) is 0.273. The van der Waals surface area contributed by atoms with Crippen molar-refractivity contribution >= 4 is 12.1 Å². The number of aromatic nitrogens is 1. The van der Waals surface area contributed by atoms with Crippen molar-refractivity contribution in [3.63, 3.8) is 0 Å². The average Bonchev–Trinajstić information content (AvgIpc) is 2.41. The van der Waals surface area contributed by atoms with Crippen molar-refractivity contribution in [2.75, 3.05) is 13.2 Å². The van der Waals surface area contributed by atoms with Crippen LogP contribution in [0.5, 0.6) is 0 Å². The Balaban J connectivity index is 2.65. The second kappa shape index (κ2) is 7.08. The molecule has 1 aromatic heterocycles. The predicted molar refractivity (Wildman–Crippen MR) is 61.6 cm³/mol. The van der Waals surface area contributed by atoms with E-state index in [-0.39, 0.29) is 13.2 Å². The summed E-state index contributed by atoms with van der Waals surface area (Å²) >= 11 is 0. The van der Waals surface area contributed by atoms with Crippen LogP contribution in [0.3, 0.4) is 0 Å². The van der Waals surface area contributed by atoms with Crippen LogP contribution in [0.25, 0.3) is 0 Å². The van der Waals surface area contributed by atoms with Crippen LogP contribution in [-0.2, 0) is 11.0 Å². The highest BCUT2D eigenvalue weighted by Crippen LogP contribution is 2.31. The highest BCUT2D eigenvalue weighted by molar-refractivity contribution is 5.96. The molecular formula is C11H9F3N4O2. The van der Waals surface area contributed by atoms with Crippen molar-refractivity contribution in [3.05, 3.63) is 29.6 Å². The molecule has 20 heavy (non-hydrogen) atoms. The number of nitriles is 1. The number of carbonyl (C=O) groups is 1. The summed E-state index contributed by atoms with van der Waals surface area (Å²) in [5.41, 5.74) is -1.64. The number of hydrogen-bond donors (Lipinski definition) is 1. The van der Waals surface area contributed by atoms with E-state index in [4.69, 9.17) is 5.26 Å². The largest absolute Gasteiger partial charge is 0.417 e. The lowest BCUT2D eigenvalue weighted by atomic mass is 10.1. The minimum atomic E-state index is -4.64. The summed E-state index contributed by atoms with van der Waals surface area (Å²) in [4.78, 5) is 19.5. The Morgan fingerprint density at radius 1 is 1.60 bits per heavy atom. The molecule has 0 aliphatic rings. The van der Waals surface area contributed by atoms with Crippen molar-refractivity contribution < 1.29 is 22.8 Å². The first-order chi connectivity index (χ1) is 9.46. The molecule has 1 rings (SSSR count). The molecule has 0 spiro atoms. The van der Waals surface area contributed by atoms with Crippen LogP contribution >= 0.6 is 0 Å².